The molecule has 356 valence electrons. The quantitative estimate of drug-likeness (QED) is 0.0563. The first-order valence-electron chi connectivity index (χ1n) is 22.0. The van der Waals surface area contributed by atoms with Gasteiger partial charge < -0.3 is 59.4 Å². The summed E-state index contributed by atoms with van der Waals surface area (Å²) < 4.78 is 33.6. The fraction of sp³-hybridized carbons (Fsp3) is 0.422. The van der Waals surface area contributed by atoms with E-state index in [-0.39, 0.29) is 44.1 Å². The van der Waals surface area contributed by atoms with Gasteiger partial charge in [0.1, 0.15) is 23.6 Å². The van der Waals surface area contributed by atoms with Crippen LogP contribution < -0.4 is 36.4 Å². The predicted molar refractivity (Wildman–Crippen MR) is 255 cm³/mol. The van der Waals surface area contributed by atoms with Gasteiger partial charge in [0.25, 0.3) is 0 Å². The number of hydrogen-bond donors (Lipinski definition) is 4. The van der Waals surface area contributed by atoms with Crippen LogP contribution in [0.25, 0.3) is 33.3 Å². The van der Waals surface area contributed by atoms with Gasteiger partial charge in [-0.25, -0.2) is 19.4 Å². The zero-order valence-electron chi connectivity index (χ0n) is 38.8. The van der Waals surface area contributed by atoms with Gasteiger partial charge in [-0.05, 0) is 38.7 Å². The molecule has 0 spiro atoms. The van der Waals surface area contributed by atoms with Gasteiger partial charge in [-0.2, -0.15) is 9.97 Å². The molecule has 7 rings (SSSR count). The Bertz CT molecular complexity index is 2800. The van der Waals surface area contributed by atoms with Crippen LogP contribution in [0.3, 0.4) is 0 Å². The van der Waals surface area contributed by atoms with Gasteiger partial charge in [-0.3, -0.25) is 9.36 Å². The summed E-state index contributed by atoms with van der Waals surface area (Å²) in [5.74, 6) is 0.718. The van der Waals surface area contributed by atoms with Gasteiger partial charge in [-0.1, -0.05) is 36.8 Å². The molecule has 5 heterocycles. The molecule has 7 aromatic rings. The fourth-order valence-electron chi connectivity index (χ4n) is 7.14. The number of carbonyl (C=O) groups is 1. The SMILES string of the molecule is CCCCOc1nc(N)c2[nH]c(=O)n(Cc3cn(CCOCCOCCOCC(=O)Nc4cc(Nc5nccc(-c6cn(C)c7ccccc67)n5)c(OC)cc4N(C)CCN(C)C)nn3)c2n1. The van der Waals surface area contributed by atoms with Gasteiger partial charge in [0, 0.05) is 62.1 Å². The molecule has 0 radical (unpaired) electrons. The summed E-state index contributed by atoms with van der Waals surface area (Å²) in [5, 5.41) is 15.8. The van der Waals surface area contributed by atoms with E-state index in [4.69, 9.17) is 34.4 Å². The molecule has 1 amide bonds. The molecule has 0 aliphatic carbocycles. The normalized spacial score (nSPS) is 11.5. The lowest BCUT2D eigenvalue weighted by Crippen LogP contribution is -2.29. The van der Waals surface area contributed by atoms with Crippen LogP contribution in [-0.4, -0.2) is 147 Å². The number of H-pyrrole nitrogens is 1. The second-order valence-electron chi connectivity index (χ2n) is 16.0. The van der Waals surface area contributed by atoms with E-state index >= 15 is 0 Å². The number of methoxy groups -OCH3 is 1. The number of fused-ring (bicyclic) bond motifs is 2. The molecule has 0 aliphatic heterocycles. The molecule has 22 heteroatoms. The molecule has 0 saturated carbocycles. The molecule has 5 aromatic heterocycles. The molecule has 2 aromatic carbocycles. The second-order valence-corrected chi connectivity index (χ2v) is 16.0. The Hall–Kier alpha value is -7.14. The van der Waals surface area contributed by atoms with E-state index in [1.54, 1.807) is 24.2 Å². The number of amides is 1. The highest BCUT2D eigenvalue weighted by molar-refractivity contribution is 5.97. The number of anilines is 5. The number of carbonyl (C=O) groups excluding carboxylic acids is 1. The van der Waals surface area contributed by atoms with Crippen LogP contribution in [0.4, 0.5) is 28.8 Å². The summed E-state index contributed by atoms with van der Waals surface area (Å²) in [5.41, 5.74) is 11.6. The number of unbranched alkanes of at least 4 members (excludes halogenated alkanes) is 1. The molecule has 0 fully saturated rings. The fourth-order valence-corrected chi connectivity index (χ4v) is 7.14. The van der Waals surface area contributed by atoms with Crippen molar-refractivity contribution in [2.75, 3.05) is 109 Å². The Morgan fingerprint density at radius 3 is 2.51 bits per heavy atom. The van der Waals surface area contributed by atoms with Crippen molar-refractivity contribution in [1.82, 2.24) is 53.9 Å². The van der Waals surface area contributed by atoms with Crippen LogP contribution in [0.2, 0.25) is 0 Å². The van der Waals surface area contributed by atoms with Crippen molar-refractivity contribution >= 4 is 56.8 Å². The van der Waals surface area contributed by atoms with Gasteiger partial charge >= 0.3 is 11.7 Å². The highest BCUT2D eigenvalue weighted by Crippen LogP contribution is 2.38. The highest BCUT2D eigenvalue weighted by atomic mass is 16.5. The Morgan fingerprint density at radius 2 is 1.72 bits per heavy atom. The van der Waals surface area contributed by atoms with Crippen LogP contribution in [0.15, 0.2) is 65.8 Å². The van der Waals surface area contributed by atoms with Crippen molar-refractivity contribution in [3.63, 3.8) is 0 Å². The third-order valence-corrected chi connectivity index (χ3v) is 10.7. The number of likely N-dealkylation sites (N-methyl/N-ethyl adjacent to an activating group) is 2. The van der Waals surface area contributed by atoms with E-state index in [9.17, 15) is 9.59 Å². The molecule has 0 unspecified atom stereocenters. The van der Waals surface area contributed by atoms with Crippen LogP contribution in [0.5, 0.6) is 11.8 Å². The zero-order valence-corrected chi connectivity index (χ0v) is 38.8. The van der Waals surface area contributed by atoms with E-state index in [1.165, 1.54) is 4.57 Å². The summed E-state index contributed by atoms with van der Waals surface area (Å²) in [7, 11) is 9.59. The Morgan fingerprint density at radius 1 is 0.925 bits per heavy atom. The summed E-state index contributed by atoms with van der Waals surface area (Å²) in [6.07, 6.45) is 7.30. The lowest BCUT2D eigenvalue weighted by Gasteiger charge is -2.26. The standard InChI is InChI=1S/C45H59N15O7/c1-7-8-18-67-44-52-41(46)40-42(53-44)60(45(62)51-40)27-30-26-59(55-54-30)17-19-64-20-21-65-22-23-66-29-39(61)48-34-24-35(38(63-6)25-37(34)57(4)16-15-56(2)3)50-43-47-14-13-33(49-43)32-28-58(5)36-12-10-9-11-31(32)36/h9-14,24-26,28H,7-8,15-23,27,29H2,1-6H3,(H,48,61)(H,51,62)(H2,46,52,53)(H,47,49,50). The van der Waals surface area contributed by atoms with Crippen LogP contribution in [0, 0.1) is 0 Å². The summed E-state index contributed by atoms with van der Waals surface area (Å²) in [6, 6.07) is 13.9. The summed E-state index contributed by atoms with van der Waals surface area (Å²) in [6.45, 7) is 5.86. The molecule has 67 heavy (non-hydrogen) atoms. The Labute approximate surface area is 387 Å². The number of nitrogens with two attached hydrogens (primary N) is 1. The van der Waals surface area contributed by atoms with E-state index in [2.05, 4.69) is 80.5 Å². The van der Waals surface area contributed by atoms with Crippen molar-refractivity contribution < 1.29 is 28.5 Å². The number of hydrogen-bond acceptors (Lipinski definition) is 17. The minimum Gasteiger partial charge on any atom is -0.494 e. The smallest absolute Gasteiger partial charge is 0.328 e. The number of nitrogens with zero attached hydrogens (tertiary/aromatic N) is 11. The molecular weight excluding hydrogens is 863 g/mol. The number of benzene rings is 2. The first-order chi connectivity index (χ1) is 32.5. The van der Waals surface area contributed by atoms with Crippen molar-refractivity contribution in [2.45, 2.75) is 32.9 Å². The average Bonchev–Trinajstić information content (AvgIpc) is 4.01. The number of aryl methyl sites for hydroxylation is 1. The average molecular weight is 922 g/mol. The first-order valence-corrected chi connectivity index (χ1v) is 22.0. The van der Waals surface area contributed by atoms with E-state index < -0.39 is 5.69 Å². The zero-order chi connectivity index (χ0) is 47.3. The predicted octanol–water partition coefficient (Wildman–Crippen LogP) is 3.91. The molecule has 0 aliphatic rings. The number of aromatic amines is 1. The van der Waals surface area contributed by atoms with Crippen molar-refractivity contribution in [1.29, 1.82) is 0 Å². The van der Waals surface area contributed by atoms with E-state index in [0.717, 1.165) is 47.2 Å². The number of aromatic nitrogens is 10. The minimum absolute atomic E-state index is 0.112. The van der Waals surface area contributed by atoms with Gasteiger partial charge in [-0.15, -0.1) is 5.10 Å². The Kier molecular flexibility index (Phi) is 16.3. The molecule has 0 bridgehead atoms. The van der Waals surface area contributed by atoms with Crippen LogP contribution >= 0.6 is 0 Å². The third kappa shape index (κ3) is 12.4. The van der Waals surface area contributed by atoms with E-state index in [1.807, 2.05) is 58.5 Å². The number of ether oxygens (including phenoxy) is 5. The topological polar surface area (TPSA) is 245 Å². The lowest BCUT2D eigenvalue weighted by molar-refractivity contribution is -0.121. The van der Waals surface area contributed by atoms with Gasteiger partial charge in [0.2, 0.25) is 11.9 Å². The van der Waals surface area contributed by atoms with Crippen molar-refractivity contribution in [3.05, 3.63) is 77.2 Å². The van der Waals surface area contributed by atoms with Crippen molar-refractivity contribution in [3.8, 4) is 23.0 Å². The maximum Gasteiger partial charge on any atom is 0.328 e. The molecule has 22 nitrogen and oxygen atoms in total. The Balaban J connectivity index is 0.861. The number of para-hydroxylation sites is 1. The molecule has 0 atom stereocenters. The van der Waals surface area contributed by atoms with Gasteiger partial charge in [0.05, 0.1) is 88.8 Å². The lowest BCUT2D eigenvalue weighted by atomic mass is 10.1. The largest absolute Gasteiger partial charge is 0.494 e. The number of nitrogen functional groups attached to an aromatic ring is 1. The monoisotopic (exact) mass is 921 g/mol. The second kappa shape index (κ2) is 22.9. The minimum atomic E-state index is -0.398. The maximum atomic E-state index is 13.3. The third-order valence-electron chi connectivity index (χ3n) is 10.7. The van der Waals surface area contributed by atoms with E-state index in [0.29, 0.717) is 79.4 Å². The number of rotatable bonds is 26. The van der Waals surface area contributed by atoms with Gasteiger partial charge in [0.15, 0.2) is 11.5 Å². The summed E-state index contributed by atoms with van der Waals surface area (Å²) >= 11 is 0. The summed E-state index contributed by atoms with van der Waals surface area (Å²) in [4.78, 5) is 50.8. The highest BCUT2D eigenvalue weighted by Gasteiger charge is 2.19. The number of nitrogens with one attached hydrogen (secondary N) is 3. The number of imidazole rings is 1. The van der Waals surface area contributed by atoms with Crippen molar-refractivity contribution in [2.24, 2.45) is 7.05 Å². The van der Waals surface area contributed by atoms with Crippen LogP contribution in [0.1, 0.15) is 25.5 Å². The first kappa shape index (κ1) is 47.8. The molecule has 0 saturated heterocycles. The van der Waals surface area contributed by atoms with Crippen LogP contribution in [-0.2, 0) is 39.1 Å². The molecular formula is C45H59N15O7. The molecule has 5 N–H and O–H groups in total. The maximum absolute atomic E-state index is 13.3.